The van der Waals surface area contributed by atoms with Crippen molar-refractivity contribution in [2.75, 3.05) is 6.54 Å². The molecule has 0 aliphatic heterocycles. The number of aliphatic hydroxyl groups excluding tert-OH is 1. The van der Waals surface area contributed by atoms with Gasteiger partial charge in [0.05, 0.1) is 11.7 Å². The van der Waals surface area contributed by atoms with Crippen LogP contribution in [-0.4, -0.2) is 34.5 Å². The van der Waals surface area contributed by atoms with Crippen LogP contribution in [0.4, 0.5) is 0 Å². The number of hydrogen-bond donors (Lipinski definition) is 3. The quantitative estimate of drug-likeness (QED) is 0.607. The highest BCUT2D eigenvalue weighted by Crippen LogP contribution is 2.14. The Morgan fingerprint density at radius 2 is 1.71 bits per heavy atom. The van der Waals surface area contributed by atoms with Gasteiger partial charge in [-0.3, -0.25) is 0 Å². The number of aliphatic hydroxyl groups is 2. The molecule has 0 aromatic carbocycles. The van der Waals surface area contributed by atoms with Crippen molar-refractivity contribution in [3.63, 3.8) is 0 Å². The SMILES string of the molecule is CC(O)CC(C)NCC(C)(O)C(C)C. The first-order valence-corrected chi connectivity index (χ1v) is 5.39. The molecule has 3 nitrogen and oxygen atoms in total. The lowest BCUT2D eigenvalue weighted by atomic mass is 9.92. The van der Waals surface area contributed by atoms with Crippen molar-refractivity contribution in [1.29, 1.82) is 0 Å². The summed E-state index contributed by atoms with van der Waals surface area (Å²) in [4.78, 5) is 0. The maximum absolute atomic E-state index is 9.95. The smallest absolute Gasteiger partial charge is 0.0766 e. The summed E-state index contributed by atoms with van der Waals surface area (Å²) in [5.74, 6) is 0.230. The lowest BCUT2D eigenvalue weighted by molar-refractivity contribution is 0.0108. The molecule has 0 saturated heterocycles. The van der Waals surface area contributed by atoms with E-state index in [1.54, 1.807) is 6.92 Å². The van der Waals surface area contributed by atoms with Crippen molar-refractivity contribution in [3.05, 3.63) is 0 Å². The third kappa shape index (κ3) is 5.58. The largest absolute Gasteiger partial charge is 0.393 e. The summed E-state index contributed by atoms with van der Waals surface area (Å²) in [7, 11) is 0. The summed E-state index contributed by atoms with van der Waals surface area (Å²) in [6.45, 7) is 10.2. The summed E-state index contributed by atoms with van der Waals surface area (Å²) in [5.41, 5.74) is -0.674. The maximum Gasteiger partial charge on any atom is 0.0766 e. The van der Waals surface area contributed by atoms with Crippen LogP contribution >= 0.6 is 0 Å². The van der Waals surface area contributed by atoms with Gasteiger partial charge in [-0.2, -0.15) is 0 Å². The highest BCUT2D eigenvalue weighted by Gasteiger charge is 2.24. The zero-order valence-electron chi connectivity index (χ0n) is 10.0. The summed E-state index contributed by atoms with van der Waals surface area (Å²) >= 11 is 0. The van der Waals surface area contributed by atoms with Crippen molar-refractivity contribution in [3.8, 4) is 0 Å². The molecule has 3 unspecified atom stereocenters. The Balaban J connectivity index is 3.81. The predicted octanol–water partition coefficient (Wildman–Crippen LogP) is 1.14. The molecule has 0 bridgehead atoms. The lowest BCUT2D eigenvalue weighted by Gasteiger charge is -2.30. The molecular formula is C11H25NO2. The van der Waals surface area contributed by atoms with E-state index in [0.29, 0.717) is 13.0 Å². The molecule has 3 atom stereocenters. The van der Waals surface area contributed by atoms with Gasteiger partial charge in [-0.1, -0.05) is 13.8 Å². The van der Waals surface area contributed by atoms with Gasteiger partial charge in [0, 0.05) is 12.6 Å². The van der Waals surface area contributed by atoms with Crippen LogP contribution in [0.25, 0.3) is 0 Å². The van der Waals surface area contributed by atoms with E-state index in [2.05, 4.69) is 5.32 Å². The van der Waals surface area contributed by atoms with E-state index in [-0.39, 0.29) is 18.1 Å². The van der Waals surface area contributed by atoms with E-state index >= 15 is 0 Å². The average Bonchev–Trinajstić information content (AvgIpc) is 1.99. The normalized spacial score (nSPS) is 20.6. The van der Waals surface area contributed by atoms with Crippen LogP contribution in [0.2, 0.25) is 0 Å². The van der Waals surface area contributed by atoms with Crippen molar-refractivity contribution < 1.29 is 10.2 Å². The minimum absolute atomic E-state index is 0.230. The van der Waals surface area contributed by atoms with Gasteiger partial charge in [0.25, 0.3) is 0 Å². The first-order chi connectivity index (χ1) is 6.25. The molecule has 0 spiro atoms. The van der Waals surface area contributed by atoms with Crippen molar-refractivity contribution in [1.82, 2.24) is 5.32 Å². The van der Waals surface area contributed by atoms with E-state index in [4.69, 9.17) is 5.11 Å². The third-order valence-electron chi connectivity index (χ3n) is 2.75. The van der Waals surface area contributed by atoms with Crippen LogP contribution in [0.1, 0.15) is 41.0 Å². The van der Waals surface area contributed by atoms with Crippen LogP contribution in [0.5, 0.6) is 0 Å². The summed E-state index contributed by atoms with van der Waals surface area (Å²) in [6.07, 6.45) is 0.426. The molecule has 0 aromatic heterocycles. The Labute approximate surface area is 87.5 Å². The van der Waals surface area contributed by atoms with Crippen LogP contribution in [-0.2, 0) is 0 Å². The van der Waals surface area contributed by atoms with Crippen LogP contribution in [0, 0.1) is 5.92 Å². The molecule has 0 fully saturated rings. The van der Waals surface area contributed by atoms with Crippen molar-refractivity contribution >= 4 is 0 Å². The highest BCUT2D eigenvalue weighted by atomic mass is 16.3. The molecule has 0 aromatic rings. The Hall–Kier alpha value is -0.120. The van der Waals surface area contributed by atoms with E-state index in [0.717, 1.165) is 0 Å². The molecule has 0 aliphatic carbocycles. The van der Waals surface area contributed by atoms with Crippen molar-refractivity contribution in [2.24, 2.45) is 5.92 Å². The van der Waals surface area contributed by atoms with E-state index in [1.165, 1.54) is 0 Å². The zero-order valence-corrected chi connectivity index (χ0v) is 10.0. The molecule has 0 radical (unpaired) electrons. The summed E-state index contributed by atoms with van der Waals surface area (Å²) in [6, 6.07) is 0.236. The van der Waals surface area contributed by atoms with Gasteiger partial charge in [0.15, 0.2) is 0 Å². The monoisotopic (exact) mass is 203 g/mol. The second kappa shape index (κ2) is 5.69. The number of nitrogens with one attached hydrogen (secondary N) is 1. The van der Waals surface area contributed by atoms with Gasteiger partial charge in [-0.05, 0) is 33.1 Å². The Morgan fingerprint density at radius 3 is 2.07 bits per heavy atom. The minimum Gasteiger partial charge on any atom is -0.393 e. The fourth-order valence-electron chi connectivity index (χ4n) is 1.18. The predicted molar refractivity (Wildman–Crippen MR) is 59.2 cm³/mol. The molecule has 0 rings (SSSR count). The molecule has 0 heterocycles. The van der Waals surface area contributed by atoms with Gasteiger partial charge in [0.2, 0.25) is 0 Å². The molecule has 3 heteroatoms. The number of hydrogen-bond acceptors (Lipinski definition) is 3. The highest BCUT2D eigenvalue weighted by molar-refractivity contribution is 4.80. The zero-order chi connectivity index (χ0) is 11.4. The standard InChI is InChI=1S/C11H25NO2/c1-8(2)11(5,14)7-12-9(3)6-10(4)13/h8-10,12-14H,6-7H2,1-5H3. The fraction of sp³-hybridized carbons (Fsp3) is 1.00. The van der Waals surface area contributed by atoms with E-state index in [1.807, 2.05) is 27.7 Å². The molecule has 0 amide bonds. The topological polar surface area (TPSA) is 52.5 Å². The lowest BCUT2D eigenvalue weighted by Crippen LogP contribution is -2.45. The van der Waals surface area contributed by atoms with Crippen LogP contribution < -0.4 is 5.32 Å². The number of rotatable bonds is 6. The summed E-state index contributed by atoms with van der Waals surface area (Å²) in [5, 5.41) is 22.3. The summed E-state index contributed by atoms with van der Waals surface area (Å²) < 4.78 is 0. The first kappa shape index (κ1) is 13.9. The maximum atomic E-state index is 9.95. The Kier molecular flexibility index (Phi) is 5.64. The molecular weight excluding hydrogens is 178 g/mol. The van der Waals surface area contributed by atoms with Gasteiger partial charge >= 0.3 is 0 Å². The third-order valence-corrected chi connectivity index (χ3v) is 2.75. The van der Waals surface area contributed by atoms with Gasteiger partial charge in [0.1, 0.15) is 0 Å². The second-order valence-electron chi connectivity index (χ2n) is 4.88. The molecule has 86 valence electrons. The molecule has 14 heavy (non-hydrogen) atoms. The Morgan fingerprint density at radius 1 is 1.21 bits per heavy atom. The molecule has 0 saturated carbocycles. The second-order valence-corrected chi connectivity index (χ2v) is 4.88. The Bertz CT molecular complexity index is 155. The molecule has 0 aliphatic rings. The van der Waals surface area contributed by atoms with Crippen LogP contribution in [0.15, 0.2) is 0 Å². The molecule has 3 N–H and O–H groups in total. The first-order valence-electron chi connectivity index (χ1n) is 5.39. The average molecular weight is 203 g/mol. The van der Waals surface area contributed by atoms with Gasteiger partial charge in [-0.15, -0.1) is 0 Å². The van der Waals surface area contributed by atoms with Crippen molar-refractivity contribution in [2.45, 2.75) is 58.8 Å². The van der Waals surface area contributed by atoms with Crippen LogP contribution in [0.3, 0.4) is 0 Å². The fourth-order valence-corrected chi connectivity index (χ4v) is 1.18. The van der Waals surface area contributed by atoms with E-state index < -0.39 is 5.60 Å². The minimum atomic E-state index is -0.674. The van der Waals surface area contributed by atoms with Gasteiger partial charge < -0.3 is 15.5 Å². The van der Waals surface area contributed by atoms with Gasteiger partial charge in [-0.25, -0.2) is 0 Å². The van der Waals surface area contributed by atoms with E-state index in [9.17, 15) is 5.11 Å².